The van der Waals surface area contributed by atoms with E-state index in [0.29, 0.717) is 29.6 Å². The number of piperazine rings is 1. The van der Waals surface area contributed by atoms with E-state index in [2.05, 4.69) is 9.88 Å². The van der Waals surface area contributed by atoms with Crippen LogP contribution in [-0.4, -0.2) is 52.7 Å². The second-order valence-electron chi connectivity index (χ2n) is 9.15. The number of hydrogen-bond donors (Lipinski definition) is 1. The number of halogens is 1. The van der Waals surface area contributed by atoms with Gasteiger partial charge in [-0.25, -0.2) is 9.18 Å². The predicted octanol–water partition coefficient (Wildman–Crippen LogP) is 4.39. The average molecular weight is 438 g/mol. The Labute approximate surface area is 186 Å². The van der Waals surface area contributed by atoms with E-state index in [1.807, 2.05) is 45.0 Å². The van der Waals surface area contributed by atoms with Crippen molar-refractivity contribution >= 4 is 16.9 Å². The fraction of sp³-hybridized carbons (Fsp3) is 0.360. The Hall–Kier alpha value is -3.19. The minimum absolute atomic E-state index is 0.262. The summed E-state index contributed by atoms with van der Waals surface area (Å²) in [6.45, 7) is 9.20. The number of fused-ring (bicyclic) bond motifs is 1. The minimum Gasteiger partial charge on any atom is -0.444 e. The summed E-state index contributed by atoms with van der Waals surface area (Å²) in [5.41, 5.74) is 1.76. The molecule has 1 saturated heterocycles. The first-order valence-corrected chi connectivity index (χ1v) is 10.8. The number of aromatic nitrogens is 1. The normalized spacial score (nSPS) is 15.2. The molecule has 1 fully saturated rings. The number of ether oxygens (including phenoxy) is 1. The van der Waals surface area contributed by atoms with Crippen molar-refractivity contribution in [3.05, 3.63) is 70.3 Å². The summed E-state index contributed by atoms with van der Waals surface area (Å²) in [5, 5.41) is 0.661. The van der Waals surface area contributed by atoms with E-state index >= 15 is 0 Å². The quantitative estimate of drug-likeness (QED) is 0.660. The molecule has 168 valence electrons. The topological polar surface area (TPSA) is 65.6 Å². The first kappa shape index (κ1) is 22.0. The maximum Gasteiger partial charge on any atom is 0.410 e. The van der Waals surface area contributed by atoms with Crippen LogP contribution in [0.5, 0.6) is 0 Å². The Balaban J connectivity index is 1.40. The van der Waals surface area contributed by atoms with Gasteiger partial charge in [0.25, 0.3) is 5.56 Å². The van der Waals surface area contributed by atoms with Gasteiger partial charge < -0.3 is 14.6 Å². The molecule has 1 N–H and O–H groups in total. The second kappa shape index (κ2) is 8.74. The number of aromatic amines is 1. The summed E-state index contributed by atoms with van der Waals surface area (Å²) in [7, 11) is 0. The molecule has 3 aromatic rings. The molecule has 2 aromatic carbocycles. The fourth-order valence-corrected chi connectivity index (χ4v) is 3.87. The van der Waals surface area contributed by atoms with E-state index < -0.39 is 11.4 Å². The highest BCUT2D eigenvalue weighted by molar-refractivity contribution is 5.85. The van der Waals surface area contributed by atoms with Gasteiger partial charge in [0.15, 0.2) is 0 Å². The standard InChI is InChI=1S/C25H28FN3O3/c1-25(2,3)32-24(31)29-13-11-28(12-14-29)16-17-7-9-18(10-8-17)22-15-20-19(23(30)27-22)5-4-6-21(20)26/h4-10,15H,11-14,16H2,1-3H3,(H,27,30). The molecule has 0 spiro atoms. The minimum atomic E-state index is -0.489. The Bertz CT molecular complexity index is 1170. The molecule has 6 nitrogen and oxygen atoms in total. The first-order chi connectivity index (χ1) is 15.2. The smallest absolute Gasteiger partial charge is 0.410 e. The Morgan fingerprint density at radius 1 is 1.03 bits per heavy atom. The second-order valence-corrected chi connectivity index (χ2v) is 9.15. The van der Waals surface area contributed by atoms with E-state index in [0.717, 1.165) is 30.8 Å². The number of nitrogens with zero attached hydrogens (tertiary/aromatic N) is 2. The Morgan fingerprint density at radius 2 is 1.72 bits per heavy atom. The summed E-state index contributed by atoms with van der Waals surface area (Å²) in [6.07, 6.45) is -0.262. The number of carbonyl (C=O) groups is 1. The first-order valence-electron chi connectivity index (χ1n) is 10.8. The van der Waals surface area contributed by atoms with Crippen molar-refractivity contribution in [2.45, 2.75) is 32.9 Å². The zero-order chi connectivity index (χ0) is 22.9. The Morgan fingerprint density at radius 3 is 2.38 bits per heavy atom. The molecule has 7 heteroatoms. The van der Waals surface area contributed by atoms with Crippen molar-refractivity contribution in [2.24, 2.45) is 0 Å². The molecule has 0 radical (unpaired) electrons. The third kappa shape index (κ3) is 4.99. The van der Waals surface area contributed by atoms with Crippen molar-refractivity contribution in [1.82, 2.24) is 14.8 Å². The predicted molar refractivity (Wildman–Crippen MR) is 123 cm³/mol. The highest BCUT2D eigenvalue weighted by Crippen LogP contribution is 2.23. The van der Waals surface area contributed by atoms with Gasteiger partial charge in [-0.05, 0) is 50.1 Å². The van der Waals surface area contributed by atoms with Crippen LogP contribution in [-0.2, 0) is 11.3 Å². The maximum absolute atomic E-state index is 14.2. The van der Waals surface area contributed by atoms with Crippen molar-refractivity contribution in [3.63, 3.8) is 0 Å². The zero-order valence-electron chi connectivity index (χ0n) is 18.7. The lowest BCUT2D eigenvalue weighted by atomic mass is 10.0. The molecule has 4 rings (SSSR count). The molecule has 0 unspecified atom stereocenters. The van der Waals surface area contributed by atoms with Crippen LogP contribution in [0, 0.1) is 5.82 Å². The van der Waals surface area contributed by atoms with Crippen LogP contribution in [0.1, 0.15) is 26.3 Å². The summed E-state index contributed by atoms with van der Waals surface area (Å²) in [6, 6.07) is 14.1. The van der Waals surface area contributed by atoms with Gasteiger partial charge in [-0.15, -0.1) is 0 Å². The largest absolute Gasteiger partial charge is 0.444 e. The zero-order valence-corrected chi connectivity index (χ0v) is 18.7. The van der Waals surface area contributed by atoms with E-state index in [9.17, 15) is 14.0 Å². The van der Waals surface area contributed by atoms with Gasteiger partial charge in [0, 0.05) is 49.2 Å². The third-order valence-electron chi connectivity index (χ3n) is 5.53. The highest BCUT2D eigenvalue weighted by Gasteiger charge is 2.25. The molecule has 2 heterocycles. The molecule has 1 aliphatic rings. The summed E-state index contributed by atoms with van der Waals surface area (Å²) >= 11 is 0. The van der Waals surface area contributed by atoms with Crippen LogP contribution in [0.25, 0.3) is 22.0 Å². The van der Waals surface area contributed by atoms with Crippen LogP contribution >= 0.6 is 0 Å². The summed E-state index contributed by atoms with van der Waals surface area (Å²) in [4.78, 5) is 31.4. The lowest BCUT2D eigenvalue weighted by molar-refractivity contribution is 0.0139. The maximum atomic E-state index is 14.2. The molecule has 1 aromatic heterocycles. The van der Waals surface area contributed by atoms with Crippen LogP contribution < -0.4 is 5.56 Å². The third-order valence-corrected chi connectivity index (χ3v) is 5.53. The molecule has 1 aliphatic heterocycles. The number of pyridine rings is 1. The van der Waals surface area contributed by atoms with Gasteiger partial charge >= 0.3 is 6.09 Å². The Kier molecular flexibility index (Phi) is 6.02. The van der Waals surface area contributed by atoms with Crippen molar-refractivity contribution in [1.29, 1.82) is 0 Å². The monoisotopic (exact) mass is 437 g/mol. The van der Waals surface area contributed by atoms with Crippen LogP contribution in [0.2, 0.25) is 0 Å². The van der Waals surface area contributed by atoms with Gasteiger partial charge in [0.2, 0.25) is 0 Å². The van der Waals surface area contributed by atoms with Gasteiger partial charge in [-0.3, -0.25) is 9.69 Å². The van der Waals surface area contributed by atoms with E-state index in [-0.39, 0.29) is 11.7 Å². The van der Waals surface area contributed by atoms with Crippen molar-refractivity contribution in [3.8, 4) is 11.3 Å². The number of H-pyrrole nitrogens is 1. The lowest BCUT2D eigenvalue weighted by Gasteiger charge is -2.35. The van der Waals surface area contributed by atoms with E-state index in [1.54, 1.807) is 17.0 Å². The summed E-state index contributed by atoms with van der Waals surface area (Å²) in [5.74, 6) is -0.406. The number of benzene rings is 2. The van der Waals surface area contributed by atoms with Gasteiger partial charge in [-0.2, -0.15) is 0 Å². The number of nitrogens with one attached hydrogen (secondary N) is 1. The van der Waals surface area contributed by atoms with E-state index in [4.69, 9.17) is 4.74 Å². The average Bonchev–Trinajstić information content (AvgIpc) is 2.74. The molecule has 0 aliphatic carbocycles. The molecular weight excluding hydrogens is 409 g/mol. The molecule has 0 atom stereocenters. The molecule has 1 amide bonds. The lowest BCUT2D eigenvalue weighted by Crippen LogP contribution is -2.49. The van der Waals surface area contributed by atoms with Crippen LogP contribution in [0.4, 0.5) is 9.18 Å². The summed E-state index contributed by atoms with van der Waals surface area (Å²) < 4.78 is 19.6. The van der Waals surface area contributed by atoms with Crippen molar-refractivity contribution < 1.29 is 13.9 Å². The molecule has 0 saturated carbocycles. The molecular formula is C25H28FN3O3. The molecule has 0 bridgehead atoms. The fourth-order valence-electron chi connectivity index (χ4n) is 3.87. The highest BCUT2D eigenvalue weighted by atomic mass is 19.1. The molecule has 32 heavy (non-hydrogen) atoms. The van der Waals surface area contributed by atoms with Crippen LogP contribution in [0.15, 0.2) is 53.3 Å². The number of amides is 1. The number of hydrogen-bond acceptors (Lipinski definition) is 4. The SMILES string of the molecule is CC(C)(C)OC(=O)N1CCN(Cc2ccc(-c3cc4c(F)cccc4c(=O)[nH]3)cc2)CC1. The van der Waals surface area contributed by atoms with Gasteiger partial charge in [0.1, 0.15) is 11.4 Å². The van der Waals surface area contributed by atoms with Gasteiger partial charge in [-0.1, -0.05) is 30.3 Å². The van der Waals surface area contributed by atoms with E-state index in [1.165, 1.54) is 12.1 Å². The van der Waals surface area contributed by atoms with Gasteiger partial charge in [0.05, 0.1) is 0 Å². The number of carbonyl (C=O) groups excluding carboxylic acids is 1. The van der Waals surface area contributed by atoms with Crippen LogP contribution in [0.3, 0.4) is 0 Å². The van der Waals surface area contributed by atoms with Crippen molar-refractivity contribution in [2.75, 3.05) is 26.2 Å². The number of rotatable bonds is 3.